The van der Waals surface area contributed by atoms with Gasteiger partial charge in [-0.2, -0.15) is 0 Å². The minimum absolute atomic E-state index is 0.709. The van der Waals surface area contributed by atoms with E-state index in [1.54, 1.807) is 6.33 Å². The molecule has 2 aromatic rings. The Balaban J connectivity index is 2.86. The van der Waals surface area contributed by atoms with Gasteiger partial charge in [0.25, 0.3) is 0 Å². The Labute approximate surface area is 75.2 Å². The van der Waals surface area contributed by atoms with E-state index in [-0.39, 0.29) is 0 Å². The van der Waals surface area contributed by atoms with Crippen LogP contribution < -0.4 is 0 Å². The monoisotopic (exact) mass is 178 g/mol. The minimum Gasteiger partial charge on any atom is -0.241 e. The third-order valence-corrected chi connectivity index (χ3v) is 2.03. The predicted molar refractivity (Wildman–Crippen MR) is 49.3 cm³/mol. The number of hydrogen-bond donors (Lipinski definition) is 0. The molecule has 0 amide bonds. The van der Waals surface area contributed by atoms with Gasteiger partial charge in [-0.25, -0.2) is 9.97 Å². The third kappa shape index (κ3) is 1.14. The fourth-order valence-corrected chi connectivity index (χ4v) is 1.33. The van der Waals surface area contributed by atoms with Gasteiger partial charge in [0.2, 0.25) is 0 Å². The second-order valence-electron chi connectivity index (χ2n) is 2.62. The summed E-state index contributed by atoms with van der Waals surface area (Å²) < 4.78 is 0. The average molecular weight is 179 g/mol. The van der Waals surface area contributed by atoms with E-state index in [9.17, 15) is 0 Å². The maximum Gasteiger partial charge on any atom is 0.116 e. The fourth-order valence-electron chi connectivity index (χ4n) is 1.16. The van der Waals surface area contributed by atoms with Gasteiger partial charge in [0, 0.05) is 16.1 Å². The number of benzene rings is 1. The topological polar surface area (TPSA) is 25.8 Å². The first-order chi connectivity index (χ1) is 5.77. The Morgan fingerprint density at radius 2 is 2.08 bits per heavy atom. The molecule has 0 saturated carbocycles. The zero-order valence-electron chi connectivity index (χ0n) is 6.58. The molecule has 1 aromatic heterocycles. The van der Waals surface area contributed by atoms with Gasteiger partial charge in [-0.15, -0.1) is 0 Å². The maximum absolute atomic E-state index is 5.81. The molecule has 0 spiro atoms. The lowest BCUT2D eigenvalue weighted by atomic mass is 10.2. The first-order valence-electron chi connectivity index (χ1n) is 3.64. The number of hydrogen-bond acceptors (Lipinski definition) is 2. The molecular weight excluding hydrogens is 172 g/mol. The van der Waals surface area contributed by atoms with Gasteiger partial charge in [0.1, 0.15) is 6.33 Å². The lowest BCUT2D eigenvalue weighted by Gasteiger charge is -1.98. The summed E-state index contributed by atoms with van der Waals surface area (Å²) in [5.41, 5.74) is 1.88. The van der Waals surface area contributed by atoms with Crippen molar-refractivity contribution in [2.24, 2.45) is 0 Å². The molecule has 0 unspecified atom stereocenters. The highest BCUT2D eigenvalue weighted by atomic mass is 35.5. The molecule has 0 bridgehead atoms. The Bertz CT molecular complexity index is 426. The van der Waals surface area contributed by atoms with E-state index in [0.29, 0.717) is 5.02 Å². The molecule has 3 heteroatoms. The lowest BCUT2D eigenvalue weighted by Crippen LogP contribution is -1.86. The minimum atomic E-state index is 0.709. The summed E-state index contributed by atoms with van der Waals surface area (Å²) in [6.45, 7) is 1.96. The smallest absolute Gasteiger partial charge is 0.116 e. The molecule has 0 fully saturated rings. The summed E-state index contributed by atoms with van der Waals surface area (Å²) in [6, 6.07) is 5.62. The van der Waals surface area contributed by atoms with Crippen LogP contribution in [0.5, 0.6) is 0 Å². The molecule has 0 radical (unpaired) electrons. The van der Waals surface area contributed by atoms with Gasteiger partial charge < -0.3 is 0 Å². The normalized spacial score (nSPS) is 10.5. The van der Waals surface area contributed by atoms with E-state index in [1.807, 2.05) is 25.1 Å². The van der Waals surface area contributed by atoms with Crippen molar-refractivity contribution in [1.82, 2.24) is 9.97 Å². The molecular formula is C9H7ClN2. The van der Waals surface area contributed by atoms with E-state index in [0.717, 1.165) is 16.6 Å². The summed E-state index contributed by atoms with van der Waals surface area (Å²) >= 11 is 5.81. The largest absolute Gasteiger partial charge is 0.241 e. The quantitative estimate of drug-likeness (QED) is 0.620. The van der Waals surface area contributed by atoms with Crippen molar-refractivity contribution in [3.8, 4) is 0 Å². The van der Waals surface area contributed by atoms with Crippen molar-refractivity contribution >= 4 is 22.5 Å². The van der Waals surface area contributed by atoms with E-state index in [2.05, 4.69) is 9.97 Å². The van der Waals surface area contributed by atoms with Crippen LogP contribution in [0.3, 0.4) is 0 Å². The van der Waals surface area contributed by atoms with E-state index in [1.165, 1.54) is 0 Å². The van der Waals surface area contributed by atoms with Gasteiger partial charge in [-0.1, -0.05) is 11.6 Å². The van der Waals surface area contributed by atoms with Gasteiger partial charge in [0.05, 0.1) is 5.52 Å². The molecule has 0 aliphatic rings. The number of rotatable bonds is 0. The molecule has 0 saturated heterocycles. The van der Waals surface area contributed by atoms with Crippen molar-refractivity contribution in [2.45, 2.75) is 6.92 Å². The SMILES string of the molecule is Cc1ncnc2cc(Cl)ccc12. The van der Waals surface area contributed by atoms with E-state index >= 15 is 0 Å². The summed E-state index contributed by atoms with van der Waals surface area (Å²) in [5.74, 6) is 0. The highest BCUT2D eigenvalue weighted by Crippen LogP contribution is 2.18. The summed E-state index contributed by atoms with van der Waals surface area (Å²) in [7, 11) is 0. The van der Waals surface area contributed by atoms with Gasteiger partial charge in [-0.05, 0) is 25.1 Å². The molecule has 12 heavy (non-hydrogen) atoms. The second-order valence-corrected chi connectivity index (χ2v) is 3.06. The molecule has 0 aliphatic heterocycles. The zero-order chi connectivity index (χ0) is 8.55. The Kier molecular flexibility index (Phi) is 1.70. The van der Waals surface area contributed by atoms with Crippen LogP contribution >= 0.6 is 11.6 Å². The van der Waals surface area contributed by atoms with Crippen LogP contribution in [0.2, 0.25) is 5.02 Å². The second kappa shape index (κ2) is 2.72. The third-order valence-electron chi connectivity index (χ3n) is 1.80. The van der Waals surface area contributed by atoms with Crippen LogP contribution in [0, 0.1) is 6.92 Å². The lowest BCUT2D eigenvalue weighted by molar-refractivity contribution is 1.15. The van der Waals surface area contributed by atoms with Crippen molar-refractivity contribution in [1.29, 1.82) is 0 Å². The number of halogens is 1. The first kappa shape index (κ1) is 7.50. The Morgan fingerprint density at radius 1 is 1.25 bits per heavy atom. The fraction of sp³-hybridized carbons (Fsp3) is 0.111. The highest BCUT2D eigenvalue weighted by Gasteiger charge is 1.98. The van der Waals surface area contributed by atoms with Crippen LogP contribution in [0.4, 0.5) is 0 Å². The van der Waals surface area contributed by atoms with Gasteiger partial charge in [-0.3, -0.25) is 0 Å². The number of nitrogens with zero attached hydrogens (tertiary/aromatic N) is 2. The van der Waals surface area contributed by atoms with Crippen molar-refractivity contribution < 1.29 is 0 Å². The van der Waals surface area contributed by atoms with Crippen molar-refractivity contribution in [3.05, 3.63) is 35.2 Å². The van der Waals surface area contributed by atoms with E-state index < -0.39 is 0 Å². The van der Waals surface area contributed by atoms with E-state index in [4.69, 9.17) is 11.6 Å². The van der Waals surface area contributed by atoms with Crippen molar-refractivity contribution in [2.75, 3.05) is 0 Å². The van der Waals surface area contributed by atoms with Crippen LogP contribution in [-0.4, -0.2) is 9.97 Å². The number of aromatic nitrogens is 2. The molecule has 1 heterocycles. The first-order valence-corrected chi connectivity index (χ1v) is 4.02. The Hall–Kier alpha value is -1.15. The molecule has 0 atom stereocenters. The van der Waals surface area contributed by atoms with Crippen LogP contribution in [0.15, 0.2) is 24.5 Å². The summed E-state index contributed by atoms with van der Waals surface area (Å²) in [4.78, 5) is 8.19. The van der Waals surface area contributed by atoms with Gasteiger partial charge in [0.15, 0.2) is 0 Å². The van der Waals surface area contributed by atoms with Crippen LogP contribution in [-0.2, 0) is 0 Å². The maximum atomic E-state index is 5.81. The number of aryl methyl sites for hydroxylation is 1. The Morgan fingerprint density at radius 3 is 2.92 bits per heavy atom. The molecule has 60 valence electrons. The summed E-state index contributed by atoms with van der Waals surface area (Å²) in [5, 5.41) is 1.77. The van der Waals surface area contributed by atoms with Crippen molar-refractivity contribution in [3.63, 3.8) is 0 Å². The molecule has 2 rings (SSSR count). The van der Waals surface area contributed by atoms with Crippen LogP contribution in [0.1, 0.15) is 5.69 Å². The zero-order valence-corrected chi connectivity index (χ0v) is 7.34. The number of fused-ring (bicyclic) bond motifs is 1. The average Bonchev–Trinajstić information content (AvgIpc) is 2.04. The molecule has 2 nitrogen and oxygen atoms in total. The molecule has 0 aliphatic carbocycles. The summed E-state index contributed by atoms with van der Waals surface area (Å²) in [6.07, 6.45) is 1.55. The molecule has 1 aromatic carbocycles. The molecule has 0 N–H and O–H groups in total. The highest BCUT2D eigenvalue weighted by molar-refractivity contribution is 6.31. The predicted octanol–water partition coefficient (Wildman–Crippen LogP) is 2.59. The standard InChI is InChI=1S/C9H7ClN2/c1-6-8-3-2-7(10)4-9(8)12-5-11-6/h2-5H,1H3. The van der Waals surface area contributed by atoms with Crippen LogP contribution in [0.25, 0.3) is 10.9 Å². The van der Waals surface area contributed by atoms with Gasteiger partial charge >= 0.3 is 0 Å².